The molecule has 2 aromatic carbocycles. The van der Waals surface area contributed by atoms with Gasteiger partial charge in [-0.25, -0.2) is 13.2 Å². The van der Waals surface area contributed by atoms with Gasteiger partial charge in [-0.3, -0.25) is 14.6 Å². The number of anilines is 1. The minimum absolute atomic E-state index is 0.0672. The van der Waals surface area contributed by atoms with Gasteiger partial charge in [0.2, 0.25) is 40.7 Å². The molecule has 2 rings (SSSR count). The number of esters is 1. The first-order valence-corrected chi connectivity index (χ1v) is 15.0. The Morgan fingerprint density at radius 1 is 0.708 bits per heavy atom. The van der Waals surface area contributed by atoms with Crippen molar-refractivity contribution < 1.29 is 60.3 Å². The van der Waals surface area contributed by atoms with Gasteiger partial charge in [-0.2, -0.15) is 13.9 Å². The van der Waals surface area contributed by atoms with Gasteiger partial charge in [-0.1, -0.05) is 6.42 Å². The van der Waals surface area contributed by atoms with Crippen molar-refractivity contribution in [3.05, 3.63) is 53.4 Å². The number of rotatable bonds is 24. The average molecular weight is 691 g/mol. The first-order valence-electron chi connectivity index (χ1n) is 15.0. The summed E-state index contributed by atoms with van der Waals surface area (Å²) in [6.45, 7) is 1.98. The number of carbonyl (C=O) groups excluding carboxylic acids is 2. The standard InChI is InChI=1S/C31H39F5N4O8/c32-26-27(33)29(35)31(30(36)28(26)34)48-25(43)10-12-44-14-16-46-18-19-47-17-15-45-13-11-38-20-22(40-37)4-2-1-3-5-24(42)39-21-6-8-23(41)9-7-21/h6-9,20,41H,1-5,10-19,37H2,(H,39,42)/b38-20?,40-22-. The smallest absolute Gasteiger partial charge is 0.313 e. The highest BCUT2D eigenvalue weighted by atomic mass is 19.2. The summed E-state index contributed by atoms with van der Waals surface area (Å²) in [7, 11) is 0. The van der Waals surface area contributed by atoms with Crippen molar-refractivity contribution in [3.63, 3.8) is 0 Å². The highest BCUT2D eigenvalue weighted by Gasteiger charge is 2.28. The summed E-state index contributed by atoms with van der Waals surface area (Å²) >= 11 is 0. The van der Waals surface area contributed by atoms with Crippen LogP contribution >= 0.6 is 0 Å². The molecule has 1 amide bonds. The first-order chi connectivity index (χ1) is 23.1. The summed E-state index contributed by atoms with van der Waals surface area (Å²) in [5.74, 6) is -8.71. The van der Waals surface area contributed by atoms with Gasteiger partial charge in [0, 0.05) is 18.3 Å². The zero-order valence-electron chi connectivity index (χ0n) is 26.2. The van der Waals surface area contributed by atoms with Gasteiger partial charge in [0.15, 0.2) is 0 Å². The summed E-state index contributed by atoms with van der Waals surface area (Å²) in [5, 5.41) is 15.8. The number of nitrogens with one attached hydrogen (secondary N) is 1. The van der Waals surface area contributed by atoms with Gasteiger partial charge >= 0.3 is 5.97 Å². The summed E-state index contributed by atoms with van der Waals surface area (Å²) < 4.78 is 91.9. The van der Waals surface area contributed by atoms with Crippen LogP contribution < -0.4 is 15.9 Å². The number of unbranched alkanes of at least 4 members (excludes halogenated alkanes) is 2. The van der Waals surface area contributed by atoms with E-state index >= 15 is 0 Å². The van der Waals surface area contributed by atoms with E-state index < -0.39 is 47.2 Å². The molecule has 0 spiro atoms. The zero-order valence-corrected chi connectivity index (χ0v) is 26.2. The third kappa shape index (κ3) is 15.6. The molecule has 0 atom stereocenters. The normalized spacial score (nSPS) is 11.7. The van der Waals surface area contributed by atoms with E-state index in [4.69, 9.17) is 24.8 Å². The maximum atomic E-state index is 13.5. The van der Waals surface area contributed by atoms with Crippen LogP contribution in [0.1, 0.15) is 38.5 Å². The highest BCUT2D eigenvalue weighted by molar-refractivity contribution is 6.30. The zero-order chi connectivity index (χ0) is 35.1. The molecule has 0 aliphatic heterocycles. The van der Waals surface area contributed by atoms with Crippen LogP contribution in [0.4, 0.5) is 27.6 Å². The van der Waals surface area contributed by atoms with E-state index in [2.05, 4.69) is 20.1 Å². The number of aromatic hydroxyl groups is 1. The Kier molecular flexibility index (Phi) is 19.3. The number of carbonyl (C=O) groups is 2. The minimum atomic E-state index is -2.35. The molecule has 4 N–H and O–H groups in total. The number of phenols is 1. The summed E-state index contributed by atoms with van der Waals surface area (Å²) in [5.41, 5.74) is 1.27. The number of aliphatic imine (C=N–C) groups is 1. The molecule has 0 saturated heterocycles. The fraction of sp³-hybridized carbons (Fsp3) is 0.484. The van der Waals surface area contributed by atoms with Gasteiger partial charge in [0.1, 0.15) is 5.75 Å². The molecule has 0 aliphatic rings. The number of nitrogens with zero attached hydrogens (tertiary/aromatic N) is 2. The van der Waals surface area contributed by atoms with Crippen molar-refractivity contribution in [1.82, 2.24) is 0 Å². The maximum absolute atomic E-state index is 13.5. The third-order valence-corrected chi connectivity index (χ3v) is 6.21. The second-order valence-electron chi connectivity index (χ2n) is 9.88. The predicted octanol–water partition coefficient (Wildman–Crippen LogP) is 4.42. The average Bonchev–Trinajstić information content (AvgIpc) is 3.08. The van der Waals surface area contributed by atoms with Crippen molar-refractivity contribution in [2.75, 3.05) is 64.7 Å². The molecule has 2 aromatic rings. The Morgan fingerprint density at radius 2 is 1.23 bits per heavy atom. The Balaban J connectivity index is 1.38. The van der Waals surface area contributed by atoms with E-state index in [0.29, 0.717) is 57.0 Å². The molecule has 0 unspecified atom stereocenters. The van der Waals surface area contributed by atoms with Crippen LogP contribution in [0.3, 0.4) is 0 Å². The fourth-order valence-electron chi connectivity index (χ4n) is 3.74. The quantitative estimate of drug-likeness (QED) is 0.0138. The number of phenolic OH excluding ortho intramolecular Hbond substituents is 1. The van der Waals surface area contributed by atoms with Crippen LogP contribution in [0.25, 0.3) is 0 Å². The van der Waals surface area contributed by atoms with Crippen LogP contribution in [0.2, 0.25) is 0 Å². The second-order valence-corrected chi connectivity index (χ2v) is 9.88. The molecule has 17 heteroatoms. The summed E-state index contributed by atoms with van der Waals surface area (Å²) in [6.07, 6.45) is 4.45. The van der Waals surface area contributed by atoms with E-state index in [-0.39, 0.29) is 44.7 Å². The van der Waals surface area contributed by atoms with Crippen molar-refractivity contribution in [1.29, 1.82) is 0 Å². The minimum Gasteiger partial charge on any atom is -0.508 e. The molecule has 0 heterocycles. The number of hydrazone groups is 1. The number of halogens is 5. The molecule has 0 bridgehead atoms. The van der Waals surface area contributed by atoms with Crippen LogP contribution in [0, 0.1) is 29.1 Å². The van der Waals surface area contributed by atoms with Gasteiger partial charge in [-0.15, -0.1) is 0 Å². The lowest BCUT2D eigenvalue weighted by Crippen LogP contribution is -2.16. The number of hydrogen-bond donors (Lipinski definition) is 3. The number of hydrogen-bond acceptors (Lipinski definition) is 11. The van der Waals surface area contributed by atoms with Gasteiger partial charge < -0.3 is 40.0 Å². The molecule has 12 nitrogen and oxygen atoms in total. The Morgan fingerprint density at radius 3 is 1.81 bits per heavy atom. The van der Waals surface area contributed by atoms with E-state index in [1.807, 2.05) is 0 Å². The van der Waals surface area contributed by atoms with Crippen LogP contribution in [-0.4, -0.2) is 88.3 Å². The van der Waals surface area contributed by atoms with Crippen molar-refractivity contribution in [2.24, 2.45) is 15.9 Å². The molecule has 48 heavy (non-hydrogen) atoms. The topological polar surface area (TPSA) is 163 Å². The van der Waals surface area contributed by atoms with E-state index in [0.717, 1.165) is 12.8 Å². The third-order valence-electron chi connectivity index (χ3n) is 6.21. The largest absolute Gasteiger partial charge is 0.508 e. The van der Waals surface area contributed by atoms with E-state index in [1.165, 1.54) is 12.1 Å². The monoisotopic (exact) mass is 690 g/mol. The molecular formula is C31H39F5N4O8. The lowest BCUT2D eigenvalue weighted by atomic mass is 10.1. The fourth-order valence-corrected chi connectivity index (χ4v) is 3.74. The number of benzene rings is 2. The highest BCUT2D eigenvalue weighted by Crippen LogP contribution is 2.29. The molecule has 0 saturated carbocycles. The Labute approximate surface area is 274 Å². The Hall–Kier alpha value is -4.19. The van der Waals surface area contributed by atoms with Crippen molar-refractivity contribution in [3.8, 4) is 11.5 Å². The number of nitrogens with two attached hydrogens (primary N) is 1. The van der Waals surface area contributed by atoms with E-state index in [1.54, 1.807) is 18.3 Å². The van der Waals surface area contributed by atoms with Crippen molar-refractivity contribution >= 4 is 29.5 Å². The predicted molar refractivity (Wildman–Crippen MR) is 165 cm³/mol. The molecule has 0 aromatic heterocycles. The van der Waals surface area contributed by atoms with Gasteiger partial charge in [-0.05, 0) is 43.5 Å². The van der Waals surface area contributed by atoms with Crippen LogP contribution in [-0.2, 0) is 28.5 Å². The first kappa shape index (κ1) is 40.0. The van der Waals surface area contributed by atoms with Crippen LogP contribution in [0.5, 0.6) is 11.5 Å². The maximum Gasteiger partial charge on any atom is 0.313 e. The lowest BCUT2D eigenvalue weighted by Gasteiger charge is -2.09. The lowest BCUT2D eigenvalue weighted by molar-refractivity contribution is -0.136. The van der Waals surface area contributed by atoms with Crippen molar-refractivity contribution in [2.45, 2.75) is 38.5 Å². The SMILES string of the molecule is N/N=C(\C=NCCOCCOCCOCCOCCC(=O)Oc1c(F)c(F)c(F)c(F)c1F)CCCCCC(=O)Nc1ccc(O)cc1. The summed E-state index contributed by atoms with van der Waals surface area (Å²) in [4.78, 5) is 27.9. The molecule has 0 aliphatic carbocycles. The number of amides is 1. The van der Waals surface area contributed by atoms with E-state index in [9.17, 15) is 36.6 Å². The summed E-state index contributed by atoms with van der Waals surface area (Å²) in [6, 6.07) is 6.27. The molecule has 0 radical (unpaired) electrons. The van der Waals surface area contributed by atoms with Gasteiger partial charge in [0.05, 0.1) is 71.5 Å². The van der Waals surface area contributed by atoms with Gasteiger partial charge in [0.25, 0.3) is 0 Å². The van der Waals surface area contributed by atoms with Crippen LogP contribution in [0.15, 0.2) is 34.4 Å². The molecule has 0 fully saturated rings. The molecular weight excluding hydrogens is 651 g/mol. The number of ether oxygens (including phenoxy) is 5. The molecule has 266 valence electrons. The second kappa shape index (κ2) is 23.2. The Bertz CT molecular complexity index is 1320.